The van der Waals surface area contributed by atoms with Gasteiger partial charge in [-0.3, -0.25) is 4.79 Å². The highest BCUT2D eigenvalue weighted by Gasteiger charge is 2.17. The molecule has 1 heterocycles. The smallest absolute Gasteiger partial charge is 0.249 e. The molecule has 0 unspecified atom stereocenters. The lowest BCUT2D eigenvalue weighted by Crippen LogP contribution is -2.11. The number of hydrogen-bond acceptors (Lipinski definition) is 1. The van der Waals surface area contributed by atoms with E-state index in [9.17, 15) is 4.79 Å². The molecular formula is C26H19ClN2O. The maximum absolute atomic E-state index is 12.2. The fourth-order valence-electron chi connectivity index (χ4n) is 4.13. The summed E-state index contributed by atoms with van der Waals surface area (Å²) in [5.74, 6) is -0.426. The molecule has 3 nitrogen and oxygen atoms in total. The van der Waals surface area contributed by atoms with E-state index in [0.717, 1.165) is 43.5 Å². The van der Waals surface area contributed by atoms with Gasteiger partial charge in [-0.1, -0.05) is 78.3 Å². The van der Waals surface area contributed by atoms with Gasteiger partial charge in [0.15, 0.2) is 0 Å². The zero-order valence-corrected chi connectivity index (χ0v) is 16.9. The fourth-order valence-corrected chi connectivity index (χ4v) is 4.32. The summed E-state index contributed by atoms with van der Waals surface area (Å²) in [5.41, 5.74) is 11.5. The van der Waals surface area contributed by atoms with E-state index < -0.39 is 5.91 Å². The molecule has 5 rings (SSSR count). The molecule has 0 saturated carbocycles. The SMILES string of the molecule is NC(=O)c1cccc2c1c1ccc(-c3ccccc3)cc1n2Cc1ccccc1Cl. The number of hydrogen-bond donors (Lipinski definition) is 1. The molecule has 146 valence electrons. The van der Waals surface area contributed by atoms with E-state index in [0.29, 0.717) is 12.1 Å². The number of amides is 1. The van der Waals surface area contributed by atoms with Crippen molar-refractivity contribution in [2.24, 2.45) is 5.73 Å². The number of aromatic nitrogens is 1. The maximum Gasteiger partial charge on any atom is 0.249 e. The lowest BCUT2D eigenvalue weighted by Gasteiger charge is -2.10. The first-order chi connectivity index (χ1) is 14.6. The Bertz CT molecular complexity index is 1400. The van der Waals surface area contributed by atoms with Crippen LogP contribution in [0, 0.1) is 0 Å². The van der Waals surface area contributed by atoms with E-state index in [1.54, 1.807) is 6.07 Å². The van der Waals surface area contributed by atoms with E-state index in [-0.39, 0.29) is 0 Å². The van der Waals surface area contributed by atoms with Gasteiger partial charge in [0.05, 0.1) is 11.0 Å². The van der Waals surface area contributed by atoms with Crippen molar-refractivity contribution >= 4 is 39.3 Å². The van der Waals surface area contributed by atoms with Crippen LogP contribution in [0.1, 0.15) is 15.9 Å². The molecule has 0 bridgehead atoms. The molecule has 4 aromatic carbocycles. The topological polar surface area (TPSA) is 48.0 Å². The molecule has 0 fully saturated rings. The number of benzene rings is 4. The van der Waals surface area contributed by atoms with Crippen LogP contribution >= 0.6 is 11.6 Å². The molecular weight excluding hydrogens is 392 g/mol. The normalized spacial score (nSPS) is 11.2. The Morgan fingerprint density at radius 1 is 0.800 bits per heavy atom. The van der Waals surface area contributed by atoms with Crippen LogP contribution in [0.2, 0.25) is 5.02 Å². The zero-order chi connectivity index (χ0) is 20.7. The molecule has 2 N–H and O–H groups in total. The number of rotatable bonds is 4. The van der Waals surface area contributed by atoms with E-state index in [1.807, 2.05) is 54.6 Å². The Morgan fingerprint density at radius 2 is 1.57 bits per heavy atom. The van der Waals surface area contributed by atoms with Gasteiger partial charge in [0, 0.05) is 27.9 Å². The molecule has 0 spiro atoms. The summed E-state index contributed by atoms with van der Waals surface area (Å²) in [6.07, 6.45) is 0. The van der Waals surface area contributed by atoms with Crippen molar-refractivity contribution in [2.75, 3.05) is 0 Å². The van der Waals surface area contributed by atoms with E-state index >= 15 is 0 Å². The number of fused-ring (bicyclic) bond motifs is 3. The first-order valence-electron chi connectivity index (χ1n) is 9.77. The van der Waals surface area contributed by atoms with Crippen LogP contribution in [0.15, 0.2) is 91.0 Å². The van der Waals surface area contributed by atoms with Gasteiger partial charge in [-0.05, 0) is 41.0 Å². The highest BCUT2D eigenvalue weighted by molar-refractivity contribution is 6.31. The Labute approximate surface area is 179 Å². The first-order valence-corrected chi connectivity index (χ1v) is 10.1. The minimum absolute atomic E-state index is 0.426. The Kier molecular flexibility index (Phi) is 4.53. The van der Waals surface area contributed by atoms with Crippen molar-refractivity contribution in [1.29, 1.82) is 0 Å². The van der Waals surface area contributed by atoms with Gasteiger partial charge < -0.3 is 10.3 Å². The minimum atomic E-state index is -0.426. The molecule has 0 atom stereocenters. The van der Waals surface area contributed by atoms with Gasteiger partial charge in [0.2, 0.25) is 5.91 Å². The van der Waals surface area contributed by atoms with Crippen molar-refractivity contribution in [3.05, 3.63) is 107 Å². The summed E-state index contributed by atoms with van der Waals surface area (Å²) in [6.45, 7) is 0.597. The highest BCUT2D eigenvalue weighted by Crippen LogP contribution is 2.35. The van der Waals surface area contributed by atoms with Gasteiger partial charge in [-0.25, -0.2) is 0 Å². The second kappa shape index (κ2) is 7.36. The number of nitrogens with zero attached hydrogens (tertiary/aromatic N) is 1. The third-order valence-electron chi connectivity index (χ3n) is 5.55. The predicted octanol–water partition coefficient (Wildman–Crippen LogP) is 6.26. The molecule has 0 aliphatic heterocycles. The quantitative estimate of drug-likeness (QED) is 0.373. The lowest BCUT2D eigenvalue weighted by atomic mass is 10.0. The van der Waals surface area contributed by atoms with Gasteiger partial charge in [-0.15, -0.1) is 0 Å². The maximum atomic E-state index is 12.2. The monoisotopic (exact) mass is 410 g/mol. The third kappa shape index (κ3) is 3.04. The summed E-state index contributed by atoms with van der Waals surface area (Å²) in [4.78, 5) is 12.2. The number of carbonyl (C=O) groups excluding carboxylic acids is 1. The standard InChI is InChI=1S/C26H19ClN2O/c27-22-11-5-4-9-19(22)16-29-23-12-6-10-21(26(28)30)25(23)20-14-13-18(15-24(20)29)17-7-2-1-3-8-17/h1-15H,16H2,(H2,28,30). The molecule has 0 radical (unpaired) electrons. The third-order valence-corrected chi connectivity index (χ3v) is 5.92. The van der Waals surface area contributed by atoms with Gasteiger partial charge in [0.25, 0.3) is 0 Å². The van der Waals surface area contributed by atoms with Crippen LogP contribution < -0.4 is 5.73 Å². The van der Waals surface area contributed by atoms with Crippen molar-refractivity contribution in [2.45, 2.75) is 6.54 Å². The summed E-state index contributed by atoms with van der Waals surface area (Å²) < 4.78 is 2.21. The van der Waals surface area contributed by atoms with Crippen molar-refractivity contribution in [3.63, 3.8) is 0 Å². The number of halogens is 1. The Morgan fingerprint density at radius 3 is 2.33 bits per heavy atom. The van der Waals surface area contributed by atoms with E-state index in [2.05, 4.69) is 34.9 Å². The van der Waals surface area contributed by atoms with Crippen LogP contribution in [0.3, 0.4) is 0 Å². The zero-order valence-electron chi connectivity index (χ0n) is 16.2. The largest absolute Gasteiger partial charge is 0.366 e. The molecule has 1 amide bonds. The second-order valence-corrected chi connectivity index (χ2v) is 7.75. The number of nitrogens with two attached hydrogens (primary N) is 1. The minimum Gasteiger partial charge on any atom is -0.366 e. The molecule has 0 saturated heterocycles. The second-order valence-electron chi connectivity index (χ2n) is 7.34. The molecule has 0 aliphatic rings. The fraction of sp³-hybridized carbons (Fsp3) is 0.0385. The number of carbonyl (C=O) groups is 1. The molecule has 4 heteroatoms. The predicted molar refractivity (Wildman–Crippen MR) is 124 cm³/mol. The summed E-state index contributed by atoms with van der Waals surface area (Å²) in [7, 11) is 0. The molecule has 1 aromatic heterocycles. The van der Waals surface area contributed by atoms with Crippen LogP contribution in [-0.2, 0) is 6.54 Å². The lowest BCUT2D eigenvalue weighted by molar-refractivity contribution is 0.100. The van der Waals surface area contributed by atoms with E-state index in [1.165, 1.54) is 0 Å². The van der Waals surface area contributed by atoms with Crippen LogP contribution in [0.5, 0.6) is 0 Å². The first kappa shape index (κ1) is 18.5. The van der Waals surface area contributed by atoms with Crippen LogP contribution in [0.25, 0.3) is 32.9 Å². The summed E-state index contributed by atoms with van der Waals surface area (Å²) in [6, 6.07) is 30.1. The average molecular weight is 411 g/mol. The van der Waals surface area contributed by atoms with Crippen molar-refractivity contribution in [1.82, 2.24) is 4.57 Å². The molecule has 5 aromatic rings. The van der Waals surface area contributed by atoms with Gasteiger partial charge in [0.1, 0.15) is 0 Å². The highest BCUT2D eigenvalue weighted by atomic mass is 35.5. The van der Waals surface area contributed by atoms with Gasteiger partial charge in [-0.2, -0.15) is 0 Å². The molecule has 30 heavy (non-hydrogen) atoms. The number of primary amides is 1. The Balaban J connectivity index is 1.83. The van der Waals surface area contributed by atoms with Crippen molar-refractivity contribution < 1.29 is 4.79 Å². The average Bonchev–Trinajstić information content (AvgIpc) is 3.09. The summed E-state index contributed by atoms with van der Waals surface area (Å²) in [5, 5.41) is 2.61. The van der Waals surface area contributed by atoms with Crippen LogP contribution in [-0.4, -0.2) is 10.5 Å². The van der Waals surface area contributed by atoms with E-state index in [4.69, 9.17) is 17.3 Å². The van der Waals surface area contributed by atoms with Crippen molar-refractivity contribution in [3.8, 4) is 11.1 Å². The summed E-state index contributed by atoms with van der Waals surface area (Å²) >= 11 is 6.46. The van der Waals surface area contributed by atoms with Gasteiger partial charge >= 0.3 is 0 Å². The Hall–Kier alpha value is -3.56. The molecule has 0 aliphatic carbocycles. The van der Waals surface area contributed by atoms with Crippen LogP contribution in [0.4, 0.5) is 0 Å².